The number of nitrogens with one attached hydrogen (secondary N) is 1. The van der Waals surface area contributed by atoms with E-state index in [1.165, 1.54) is 25.3 Å². The molecule has 32 heavy (non-hydrogen) atoms. The van der Waals surface area contributed by atoms with Gasteiger partial charge in [-0.1, -0.05) is 0 Å². The number of anilines is 2. The Hall–Kier alpha value is -2.79. The first-order valence-corrected chi connectivity index (χ1v) is 10.8. The van der Waals surface area contributed by atoms with Gasteiger partial charge in [0.2, 0.25) is 0 Å². The summed E-state index contributed by atoms with van der Waals surface area (Å²) in [5.74, 6) is -1.13. The maximum Gasteiger partial charge on any atom is 0.416 e. The maximum absolute atomic E-state index is 13.3. The lowest BCUT2D eigenvalue weighted by Gasteiger charge is -2.39. The molecule has 0 bridgehead atoms. The first-order chi connectivity index (χ1) is 14.9. The fraction of sp³-hybridized carbons (Fsp3) is 0.381. The number of β-amino-alcohol motifs (C(OH)–C–C–N with tert-alkyl or cyclic N) is 1. The summed E-state index contributed by atoms with van der Waals surface area (Å²) in [4.78, 5) is 13.0. The minimum atomic E-state index is -4.62. The Balaban J connectivity index is 2.03. The molecule has 0 spiro atoms. The fourth-order valence-corrected chi connectivity index (χ4v) is 4.65. The van der Waals surface area contributed by atoms with E-state index >= 15 is 0 Å². The van der Waals surface area contributed by atoms with Gasteiger partial charge >= 0.3 is 12.1 Å². The number of carboxylic acids is 1. The van der Waals surface area contributed by atoms with Gasteiger partial charge in [0, 0.05) is 13.1 Å². The van der Waals surface area contributed by atoms with Gasteiger partial charge in [0.1, 0.15) is 10.6 Å². The van der Waals surface area contributed by atoms with Crippen molar-refractivity contribution in [1.82, 2.24) is 0 Å². The van der Waals surface area contributed by atoms with Crippen LogP contribution < -0.4 is 14.4 Å². The number of nitrogens with zero attached hydrogens (tertiary/aromatic N) is 1. The summed E-state index contributed by atoms with van der Waals surface area (Å²) in [6, 6.07) is 6.79. The van der Waals surface area contributed by atoms with Gasteiger partial charge in [-0.05, 0) is 56.2 Å². The molecule has 0 saturated carbocycles. The summed E-state index contributed by atoms with van der Waals surface area (Å²) in [7, 11) is -0.829. The standard InChI is InChI=1S/C21H23F3N2O5S/c1-20(29)8-3-9-26(12-20)16-6-5-14(21(22,23)24)11-15(16)25-32(30)18-10-13(19(27)28)4-7-17(18)31-2/h4-7,10-11,25,29H,3,8-9,12H2,1-2H3,(H,27,28). The van der Waals surface area contributed by atoms with E-state index < -0.39 is 34.3 Å². The third-order valence-corrected chi connectivity index (χ3v) is 6.28. The molecule has 7 nitrogen and oxygen atoms in total. The second-order valence-electron chi connectivity index (χ2n) is 7.79. The largest absolute Gasteiger partial charge is 0.495 e. The van der Waals surface area contributed by atoms with E-state index in [0.717, 1.165) is 18.2 Å². The average Bonchev–Trinajstić information content (AvgIpc) is 2.71. The molecule has 174 valence electrons. The van der Waals surface area contributed by atoms with Crippen LogP contribution in [0.25, 0.3) is 0 Å². The maximum atomic E-state index is 13.3. The highest BCUT2D eigenvalue weighted by Gasteiger charge is 2.34. The Morgan fingerprint density at radius 2 is 1.97 bits per heavy atom. The van der Waals surface area contributed by atoms with Crippen LogP contribution in [0.1, 0.15) is 35.7 Å². The predicted molar refractivity (Wildman–Crippen MR) is 113 cm³/mol. The highest BCUT2D eigenvalue weighted by Crippen LogP contribution is 2.38. The average molecular weight is 472 g/mol. The summed E-state index contributed by atoms with van der Waals surface area (Å²) in [6.07, 6.45) is -3.44. The summed E-state index contributed by atoms with van der Waals surface area (Å²) in [5.41, 5.74) is -1.81. The minimum Gasteiger partial charge on any atom is -0.495 e. The number of carbonyl (C=O) groups is 1. The quantitative estimate of drug-likeness (QED) is 0.590. The van der Waals surface area contributed by atoms with Gasteiger partial charge in [-0.2, -0.15) is 13.2 Å². The van der Waals surface area contributed by atoms with Gasteiger partial charge in [0.05, 0.1) is 35.2 Å². The Bertz CT molecular complexity index is 1040. The molecule has 0 aromatic heterocycles. The van der Waals surface area contributed by atoms with E-state index in [1.54, 1.807) is 11.8 Å². The third-order valence-electron chi connectivity index (χ3n) is 5.15. The third kappa shape index (κ3) is 5.33. The van der Waals surface area contributed by atoms with Gasteiger partial charge < -0.3 is 19.8 Å². The lowest BCUT2D eigenvalue weighted by Crippen LogP contribution is -2.46. The first-order valence-electron chi connectivity index (χ1n) is 9.69. The zero-order valence-corrected chi connectivity index (χ0v) is 18.2. The first kappa shape index (κ1) is 23.9. The molecule has 2 aromatic rings. The number of carboxylic acid groups (broad SMARTS) is 1. The molecule has 1 aliphatic rings. The zero-order chi connectivity index (χ0) is 23.7. The van der Waals surface area contributed by atoms with Crippen LogP contribution in [-0.4, -0.2) is 46.2 Å². The molecule has 3 N–H and O–H groups in total. The fourth-order valence-electron chi connectivity index (χ4n) is 3.60. The van der Waals surface area contributed by atoms with Crippen molar-refractivity contribution in [2.75, 3.05) is 29.8 Å². The van der Waals surface area contributed by atoms with E-state index in [4.69, 9.17) is 4.74 Å². The molecular weight excluding hydrogens is 449 g/mol. The molecule has 1 fully saturated rings. The van der Waals surface area contributed by atoms with Crippen molar-refractivity contribution in [1.29, 1.82) is 0 Å². The second-order valence-corrected chi connectivity index (χ2v) is 8.97. The van der Waals surface area contributed by atoms with Crippen LogP contribution in [0.5, 0.6) is 5.75 Å². The number of aromatic carboxylic acids is 1. The highest BCUT2D eigenvalue weighted by atomic mass is 32.2. The number of halogens is 3. The number of rotatable bonds is 6. The van der Waals surface area contributed by atoms with Gasteiger partial charge in [-0.3, -0.25) is 4.72 Å². The SMILES string of the molecule is COc1ccc(C(=O)O)cc1S(=O)Nc1cc(C(F)(F)F)ccc1N1CCCC(C)(O)C1. The number of methoxy groups -OCH3 is 1. The van der Waals surface area contributed by atoms with Crippen molar-refractivity contribution in [3.05, 3.63) is 47.5 Å². The number of hydrogen-bond acceptors (Lipinski definition) is 5. The van der Waals surface area contributed by atoms with Crippen molar-refractivity contribution in [3.63, 3.8) is 0 Å². The minimum absolute atomic E-state index is 0.0265. The van der Waals surface area contributed by atoms with Crippen LogP contribution in [0.3, 0.4) is 0 Å². The van der Waals surface area contributed by atoms with Gasteiger partial charge in [-0.15, -0.1) is 0 Å². The van der Waals surface area contributed by atoms with Crippen molar-refractivity contribution < 1.29 is 37.1 Å². The molecule has 2 unspecified atom stereocenters. The zero-order valence-electron chi connectivity index (χ0n) is 17.4. The van der Waals surface area contributed by atoms with Crippen LogP contribution in [0.2, 0.25) is 0 Å². The Kier molecular flexibility index (Phi) is 6.70. The number of aliphatic hydroxyl groups is 1. The number of alkyl halides is 3. The molecule has 11 heteroatoms. The van der Waals surface area contributed by atoms with E-state index in [9.17, 15) is 32.4 Å². The Morgan fingerprint density at radius 1 is 1.25 bits per heavy atom. The normalized spacial score (nSPS) is 20.0. The van der Waals surface area contributed by atoms with Crippen LogP contribution in [0.4, 0.5) is 24.5 Å². The highest BCUT2D eigenvalue weighted by molar-refractivity contribution is 7.86. The summed E-state index contributed by atoms with van der Waals surface area (Å²) < 4.78 is 60.8. The molecule has 3 rings (SSSR count). The van der Waals surface area contributed by atoms with Crippen LogP contribution in [-0.2, 0) is 17.2 Å². The molecule has 0 aliphatic carbocycles. The molecule has 2 aromatic carbocycles. The molecular formula is C21H23F3N2O5S. The molecule has 0 amide bonds. The van der Waals surface area contributed by atoms with E-state index in [2.05, 4.69) is 4.72 Å². The van der Waals surface area contributed by atoms with E-state index in [1.807, 2.05) is 0 Å². The number of ether oxygens (including phenoxy) is 1. The summed E-state index contributed by atoms with van der Waals surface area (Å²) in [5, 5.41) is 19.6. The van der Waals surface area contributed by atoms with Crippen molar-refractivity contribution in [2.24, 2.45) is 0 Å². The summed E-state index contributed by atoms with van der Waals surface area (Å²) in [6.45, 7) is 2.34. The molecule has 1 heterocycles. The van der Waals surface area contributed by atoms with Crippen LogP contribution in [0, 0.1) is 0 Å². The van der Waals surface area contributed by atoms with Crippen LogP contribution in [0.15, 0.2) is 41.3 Å². The monoisotopic (exact) mass is 472 g/mol. The summed E-state index contributed by atoms with van der Waals surface area (Å²) >= 11 is 0. The van der Waals surface area contributed by atoms with Gasteiger partial charge in [0.15, 0.2) is 11.0 Å². The molecule has 1 aliphatic heterocycles. The van der Waals surface area contributed by atoms with Crippen molar-refractivity contribution in [2.45, 2.75) is 36.4 Å². The Labute approximate surface area is 185 Å². The smallest absolute Gasteiger partial charge is 0.416 e. The van der Waals surface area contributed by atoms with Gasteiger partial charge in [-0.25, -0.2) is 9.00 Å². The predicted octanol–water partition coefficient (Wildman–Crippen LogP) is 3.90. The lowest BCUT2D eigenvalue weighted by molar-refractivity contribution is -0.137. The Morgan fingerprint density at radius 3 is 2.56 bits per heavy atom. The van der Waals surface area contributed by atoms with E-state index in [0.29, 0.717) is 25.1 Å². The topological polar surface area (TPSA) is 99.1 Å². The molecule has 1 saturated heterocycles. The number of benzene rings is 2. The van der Waals surface area contributed by atoms with Crippen molar-refractivity contribution >= 4 is 28.3 Å². The number of hydrogen-bond donors (Lipinski definition) is 3. The molecule has 0 radical (unpaired) electrons. The number of piperidine rings is 1. The van der Waals surface area contributed by atoms with Crippen LogP contribution >= 0.6 is 0 Å². The van der Waals surface area contributed by atoms with E-state index in [-0.39, 0.29) is 28.4 Å². The second kappa shape index (κ2) is 8.99. The lowest BCUT2D eigenvalue weighted by atomic mass is 9.94. The van der Waals surface area contributed by atoms with Gasteiger partial charge in [0.25, 0.3) is 0 Å². The van der Waals surface area contributed by atoms with Crippen molar-refractivity contribution in [3.8, 4) is 5.75 Å². The molecule has 2 atom stereocenters.